The maximum Gasteiger partial charge on any atom is 0.337 e. The van der Waals surface area contributed by atoms with Gasteiger partial charge < -0.3 is 14.8 Å². The fourth-order valence-corrected chi connectivity index (χ4v) is 4.07. The van der Waals surface area contributed by atoms with Gasteiger partial charge in [-0.1, -0.05) is 13.8 Å². The average Bonchev–Trinajstić information content (AvgIpc) is 2.75. The van der Waals surface area contributed by atoms with Gasteiger partial charge in [0, 0.05) is 11.1 Å². The van der Waals surface area contributed by atoms with Crippen LogP contribution < -0.4 is 5.32 Å². The number of esters is 3. The molecule has 1 aliphatic heterocycles. The SMILES string of the molecule is COC(=O)c1ccc(NC(=O)C23CCC(C)(C(=O)OC2=O)C3(C)C)cc1. The first kappa shape index (κ1) is 18.1. The number of cyclic esters (lactones) is 2. The van der Waals surface area contributed by atoms with Crippen LogP contribution in [0.15, 0.2) is 24.3 Å². The van der Waals surface area contributed by atoms with Gasteiger partial charge in [-0.25, -0.2) is 4.79 Å². The summed E-state index contributed by atoms with van der Waals surface area (Å²) < 4.78 is 9.57. The Bertz CT molecular complexity index is 812. The van der Waals surface area contributed by atoms with E-state index in [4.69, 9.17) is 4.74 Å². The summed E-state index contributed by atoms with van der Waals surface area (Å²) in [4.78, 5) is 49.4. The third-order valence-corrected chi connectivity index (χ3v) is 6.38. The number of methoxy groups -OCH3 is 1. The monoisotopic (exact) mass is 359 g/mol. The van der Waals surface area contributed by atoms with Gasteiger partial charge in [-0.3, -0.25) is 14.4 Å². The van der Waals surface area contributed by atoms with Crippen molar-refractivity contribution in [1.29, 1.82) is 0 Å². The molecule has 0 aromatic heterocycles. The van der Waals surface area contributed by atoms with Crippen LogP contribution in [0.5, 0.6) is 0 Å². The quantitative estimate of drug-likeness (QED) is 0.657. The molecule has 1 aromatic rings. The topological polar surface area (TPSA) is 98.8 Å². The number of hydrogen-bond acceptors (Lipinski definition) is 6. The van der Waals surface area contributed by atoms with E-state index >= 15 is 0 Å². The Morgan fingerprint density at radius 1 is 1.04 bits per heavy atom. The van der Waals surface area contributed by atoms with Crippen LogP contribution in [0.25, 0.3) is 0 Å². The maximum absolute atomic E-state index is 13.1. The first-order valence-corrected chi connectivity index (χ1v) is 8.37. The molecule has 7 nitrogen and oxygen atoms in total. The molecule has 1 amide bonds. The number of rotatable bonds is 3. The van der Waals surface area contributed by atoms with Gasteiger partial charge in [0.2, 0.25) is 5.91 Å². The summed E-state index contributed by atoms with van der Waals surface area (Å²) in [6.45, 7) is 5.26. The molecular weight excluding hydrogens is 338 g/mol. The Labute approximate surface area is 151 Å². The van der Waals surface area contributed by atoms with Crippen LogP contribution in [0.1, 0.15) is 44.0 Å². The molecule has 7 heteroatoms. The predicted octanol–water partition coefficient (Wildman–Crippen LogP) is 2.31. The van der Waals surface area contributed by atoms with Crippen molar-refractivity contribution in [2.45, 2.75) is 33.6 Å². The van der Waals surface area contributed by atoms with Crippen LogP contribution in [-0.4, -0.2) is 30.9 Å². The van der Waals surface area contributed by atoms with Crippen molar-refractivity contribution < 1.29 is 28.7 Å². The van der Waals surface area contributed by atoms with Gasteiger partial charge in [0.15, 0.2) is 5.41 Å². The number of nitrogens with one attached hydrogen (secondary N) is 1. The van der Waals surface area contributed by atoms with Gasteiger partial charge >= 0.3 is 17.9 Å². The van der Waals surface area contributed by atoms with E-state index in [1.165, 1.54) is 19.2 Å². The molecule has 2 bridgehead atoms. The largest absolute Gasteiger partial charge is 0.465 e. The average molecular weight is 359 g/mol. The Hall–Kier alpha value is -2.70. The molecule has 1 heterocycles. The summed E-state index contributed by atoms with van der Waals surface area (Å²) in [6.07, 6.45) is 0.645. The minimum atomic E-state index is -1.43. The van der Waals surface area contributed by atoms with Gasteiger partial charge in [0.05, 0.1) is 18.1 Å². The number of fused-ring (bicyclic) bond motifs is 2. The smallest absolute Gasteiger partial charge is 0.337 e. The number of carbonyl (C=O) groups excluding carboxylic acids is 4. The van der Waals surface area contributed by atoms with E-state index in [9.17, 15) is 19.2 Å². The maximum atomic E-state index is 13.1. The second-order valence-corrected chi connectivity index (χ2v) is 7.56. The second-order valence-electron chi connectivity index (χ2n) is 7.56. The van der Waals surface area contributed by atoms with E-state index in [2.05, 4.69) is 10.1 Å². The molecule has 1 saturated heterocycles. The number of amides is 1. The highest BCUT2D eigenvalue weighted by molar-refractivity contribution is 6.15. The Morgan fingerprint density at radius 2 is 1.65 bits per heavy atom. The highest BCUT2D eigenvalue weighted by Crippen LogP contribution is 2.66. The van der Waals surface area contributed by atoms with Crippen LogP contribution in [0.3, 0.4) is 0 Å². The molecule has 2 atom stereocenters. The number of hydrogen-bond donors (Lipinski definition) is 1. The fraction of sp³-hybridized carbons (Fsp3) is 0.474. The Morgan fingerprint density at radius 3 is 2.23 bits per heavy atom. The lowest BCUT2D eigenvalue weighted by Crippen LogP contribution is -2.60. The zero-order valence-corrected chi connectivity index (χ0v) is 15.2. The van der Waals surface area contributed by atoms with E-state index in [1.807, 2.05) is 0 Å². The highest BCUT2D eigenvalue weighted by Gasteiger charge is 2.75. The third kappa shape index (κ3) is 2.12. The minimum absolute atomic E-state index is 0.243. The van der Waals surface area contributed by atoms with Gasteiger partial charge in [-0.2, -0.15) is 0 Å². The lowest BCUT2D eigenvalue weighted by molar-refractivity contribution is -0.195. The summed E-state index contributed by atoms with van der Waals surface area (Å²) in [7, 11) is 1.28. The second kappa shape index (κ2) is 5.65. The summed E-state index contributed by atoms with van der Waals surface area (Å²) in [5, 5.41) is 2.73. The molecule has 0 radical (unpaired) electrons. The van der Waals surface area contributed by atoms with Crippen LogP contribution >= 0.6 is 0 Å². The molecule has 138 valence electrons. The molecular formula is C19H21NO6. The standard InChI is InChI=1S/C19H21NO6/c1-17(2)18(3)9-10-19(17,16(24)26-15(18)23)14(22)20-12-7-5-11(6-8-12)13(21)25-4/h5-8H,9-10H2,1-4H3,(H,20,22). The van der Waals surface area contributed by atoms with Crippen molar-refractivity contribution in [3.05, 3.63) is 29.8 Å². The van der Waals surface area contributed by atoms with Gasteiger partial charge in [0.1, 0.15) is 0 Å². The molecule has 1 aliphatic carbocycles. The summed E-state index contributed by atoms with van der Waals surface area (Å²) >= 11 is 0. The number of carbonyl (C=O) groups is 4. The van der Waals surface area contributed by atoms with Gasteiger partial charge in [-0.05, 0) is 44.0 Å². The van der Waals surface area contributed by atoms with Gasteiger partial charge in [0.25, 0.3) is 0 Å². The molecule has 1 aromatic carbocycles. The summed E-state index contributed by atoms with van der Waals surface area (Å²) in [6, 6.07) is 6.15. The van der Waals surface area contributed by atoms with E-state index in [-0.39, 0.29) is 6.42 Å². The molecule has 0 spiro atoms. The summed E-state index contributed by atoms with van der Waals surface area (Å²) in [5.41, 5.74) is -2.43. The van der Waals surface area contributed by atoms with Crippen LogP contribution in [0.4, 0.5) is 5.69 Å². The van der Waals surface area contributed by atoms with E-state index in [1.54, 1.807) is 32.9 Å². The van der Waals surface area contributed by atoms with Crippen LogP contribution in [-0.2, 0) is 23.9 Å². The fourth-order valence-electron chi connectivity index (χ4n) is 4.07. The molecule has 3 rings (SSSR count). The van der Waals surface area contributed by atoms with Crippen LogP contribution in [0, 0.1) is 16.2 Å². The molecule has 2 aliphatic rings. The van der Waals surface area contributed by atoms with Crippen molar-refractivity contribution in [2.75, 3.05) is 12.4 Å². The minimum Gasteiger partial charge on any atom is -0.465 e. The first-order chi connectivity index (χ1) is 12.1. The Balaban J connectivity index is 1.91. The van der Waals surface area contributed by atoms with Crippen molar-refractivity contribution in [1.82, 2.24) is 0 Å². The number of ether oxygens (including phenoxy) is 2. The van der Waals surface area contributed by atoms with Gasteiger partial charge in [-0.15, -0.1) is 0 Å². The molecule has 26 heavy (non-hydrogen) atoms. The normalized spacial score (nSPS) is 29.1. The van der Waals surface area contributed by atoms with Crippen molar-refractivity contribution in [3.63, 3.8) is 0 Å². The highest BCUT2D eigenvalue weighted by atomic mass is 16.6. The van der Waals surface area contributed by atoms with Crippen molar-refractivity contribution in [2.24, 2.45) is 16.2 Å². The summed E-state index contributed by atoms with van der Waals surface area (Å²) in [5.74, 6) is -2.36. The zero-order chi connectivity index (χ0) is 19.3. The van der Waals surface area contributed by atoms with E-state index < -0.39 is 40.1 Å². The lowest BCUT2D eigenvalue weighted by atomic mass is 9.57. The Kier molecular flexibility index (Phi) is 3.94. The number of benzene rings is 1. The zero-order valence-electron chi connectivity index (χ0n) is 15.2. The van der Waals surface area contributed by atoms with Crippen LogP contribution in [0.2, 0.25) is 0 Å². The lowest BCUT2D eigenvalue weighted by Gasteiger charge is -2.48. The third-order valence-electron chi connectivity index (χ3n) is 6.38. The van der Waals surface area contributed by atoms with Crippen molar-refractivity contribution in [3.8, 4) is 0 Å². The van der Waals surface area contributed by atoms with E-state index in [0.717, 1.165) is 0 Å². The molecule has 2 unspecified atom stereocenters. The molecule has 1 saturated carbocycles. The first-order valence-electron chi connectivity index (χ1n) is 8.37. The molecule has 1 N–H and O–H groups in total. The van der Waals surface area contributed by atoms with Crippen molar-refractivity contribution >= 4 is 29.5 Å². The van der Waals surface area contributed by atoms with E-state index in [0.29, 0.717) is 17.7 Å². The number of anilines is 1. The predicted molar refractivity (Wildman–Crippen MR) is 91.1 cm³/mol. The molecule has 2 fully saturated rings.